The molecule has 0 bridgehead atoms. The quantitative estimate of drug-likeness (QED) is 0.771. The fourth-order valence-corrected chi connectivity index (χ4v) is 3.61. The average molecular weight is 397 g/mol. The lowest BCUT2D eigenvalue weighted by molar-refractivity contribution is -0.117. The largest absolute Gasteiger partial charge is 0.493 e. The number of ether oxygens (including phenoxy) is 2. The number of carbonyl (C=O) groups is 1. The van der Waals surface area contributed by atoms with Crippen LogP contribution in [0.1, 0.15) is 24.1 Å². The smallest absolute Gasteiger partial charge is 0.238 e. The highest BCUT2D eigenvalue weighted by Crippen LogP contribution is 2.29. The fraction of sp³-hybridized carbons (Fsp3) is 0.476. The predicted octanol–water partition coefficient (Wildman–Crippen LogP) is 2.34. The SMILES string of the molecule is COc1cc(C#N)ccc1OCC1CCCN(CC(=O)Nc2cn(C)nc2C)C1. The zero-order chi connectivity index (χ0) is 20.8. The molecule has 1 unspecified atom stereocenters. The molecule has 1 aromatic carbocycles. The van der Waals surface area contributed by atoms with Crippen molar-refractivity contribution in [2.45, 2.75) is 19.8 Å². The normalized spacial score (nSPS) is 16.8. The van der Waals surface area contributed by atoms with Crippen LogP contribution >= 0.6 is 0 Å². The Morgan fingerprint density at radius 3 is 2.93 bits per heavy atom. The topological polar surface area (TPSA) is 92.4 Å². The molecule has 0 aliphatic carbocycles. The summed E-state index contributed by atoms with van der Waals surface area (Å²) in [4.78, 5) is 14.6. The number of aryl methyl sites for hydroxylation is 2. The molecule has 1 atom stereocenters. The number of hydrogen-bond acceptors (Lipinski definition) is 6. The number of amides is 1. The Morgan fingerprint density at radius 2 is 2.24 bits per heavy atom. The molecule has 0 radical (unpaired) electrons. The van der Waals surface area contributed by atoms with Gasteiger partial charge in [0, 0.05) is 31.8 Å². The summed E-state index contributed by atoms with van der Waals surface area (Å²) in [6.45, 7) is 4.47. The van der Waals surface area contributed by atoms with E-state index in [0.717, 1.165) is 37.3 Å². The van der Waals surface area contributed by atoms with E-state index in [-0.39, 0.29) is 5.91 Å². The van der Waals surface area contributed by atoms with Gasteiger partial charge >= 0.3 is 0 Å². The monoisotopic (exact) mass is 397 g/mol. The van der Waals surface area contributed by atoms with Crippen molar-refractivity contribution in [1.29, 1.82) is 5.26 Å². The van der Waals surface area contributed by atoms with E-state index in [2.05, 4.69) is 21.4 Å². The maximum atomic E-state index is 12.4. The number of anilines is 1. The van der Waals surface area contributed by atoms with Crippen LogP contribution in [0.25, 0.3) is 0 Å². The number of nitrogens with zero attached hydrogens (tertiary/aromatic N) is 4. The summed E-state index contributed by atoms with van der Waals surface area (Å²) in [7, 11) is 3.40. The minimum atomic E-state index is -0.0311. The van der Waals surface area contributed by atoms with Crippen LogP contribution in [0.5, 0.6) is 11.5 Å². The number of methoxy groups -OCH3 is 1. The molecule has 1 aromatic heterocycles. The molecule has 29 heavy (non-hydrogen) atoms. The number of nitrogens with one attached hydrogen (secondary N) is 1. The minimum absolute atomic E-state index is 0.0311. The van der Waals surface area contributed by atoms with Crippen molar-refractivity contribution in [3.8, 4) is 17.6 Å². The number of piperidine rings is 1. The number of rotatable bonds is 7. The molecule has 154 valence electrons. The van der Waals surface area contributed by atoms with E-state index in [0.29, 0.717) is 36.1 Å². The van der Waals surface area contributed by atoms with Crippen molar-refractivity contribution in [3.63, 3.8) is 0 Å². The fourth-order valence-electron chi connectivity index (χ4n) is 3.61. The van der Waals surface area contributed by atoms with Crippen LogP contribution in [0.3, 0.4) is 0 Å². The first-order chi connectivity index (χ1) is 14.0. The first-order valence-corrected chi connectivity index (χ1v) is 9.72. The maximum Gasteiger partial charge on any atom is 0.238 e. The van der Waals surface area contributed by atoms with Gasteiger partial charge in [-0.3, -0.25) is 14.4 Å². The zero-order valence-corrected chi connectivity index (χ0v) is 17.1. The van der Waals surface area contributed by atoms with Gasteiger partial charge in [0.1, 0.15) is 0 Å². The Hall–Kier alpha value is -3.05. The number of aromatic nitrogens is 2. The summed E-state index contributed by atoms with van der Waals surface area (Å²) in [6.07, 6.45) is 3.89. The van der Waals surface area contributed by atoms with Crippen LogP contribution in [-0.4, -0.2) is 53.9 Å². The summed E-state index contributed by atoms with van der Waals surface area (Å²) < 4.78 is 13.0. The number of carbonyl (C=O) groups excluding carboxylic acids is 1. The molecule has 1 aliphatic rings. The van der Waals surface area contributed by atoms with E-state index in [4.69, 9.17) is 14.7 Å². The summed E-state index contributed by atoms with van der Waals surface area (Å²) in [5, 5.41) is 16.2. The summed E-state index contributed by atoms with van der Waals surface area (Å²) in [5.41, 5.74) is 2.09. The molecule has 2 aromatic rings. The number of benzene rings is 1. The molecule has 1 fully saturated rings. The molecule has 3 rings (SSSR count). The Balaban J connectivity index is 1.51. The highest BCUT2D eigenvalue weighted by Gasteiger charge is 2.23. The Bertz CT molecular complexity index is 902. The van der Waals surface area contributed by atoms with Gasteiger partial charge in [-0.05, 0) is 38.4 Å². The Labute approximate surface area is 171 Å². The molecular formula is C21H27N5O3. The second-order valence-corrected chi connectivity index (χ2v) is 7.38. The van der Waals surface area contributed by atoms with Gasteiger partial charge in [0.05, 0.1) is 43.3 Å². The van der Waals surface area contributed by atoms with Gasteiger partial charge in [-0.1, -0.05) is 0 Å². The van der Waals surface area contributed by atoms with Crippen molar-refractivity contribution in [3.05, 3.63) is 35.7 Å². The van der Waals surface area contributed by atoms with Gasteiger partial charge in [-0.15, -0.1) is 0 Å². The molecule has 1 N–H and O–H groups in total. The van der Waals surface area contributed by atoms with E-state index in [9.17, 15) is 4.79 Å². The predicted molar refractivity (Wildman–Crippen MR) is 109 cm³/mol. The summed E-state index contributed by atoms with van der Waals surface area (Å²) >= 11 is 0. The van der Waals surface area contributed by atoms with E-state index < -0.39 is 0 Å². The number of nitriles is 1. The molecule has 1 amide bonds. The van der Waals surface area contributed by atoms with Crippen molar-refractivity contribution in [1.82, 2.24) is 14.7 Å². The molecule has 8 nitrogen and oxygen atoms in total. The number of likely N-dealkylation sites (tertiary alicyclic amines) is 1. The molecule has 1 saturated heterocycles. The second kappa shape index (κ2) is 9.43. The maximum absolute atomic E-state index is 12.4. The van der Waals surface area contributed by atoms with E-state index in [1.54, 1.807) is 30.0 Å². The van der Waals surface area contributed by atoms with Crippen LogP contribution in [0.15, 0.2) is 24.4 Å². The lowest BCUT2D eigenvalue weighted by atomic mass is 9.99. The van der Waals surface area contributed by atoms with Gasteiger partial charge < -0.3 is 14.8 Å². The van der Waals surface area contributed by atoms with Crippen molar-refractivity contribution < 1.29 is 14.3 Å². The van der Waals surface area contributed by atoms with Gasteiger partial charge in [0.25, 0.3) is 0 Å². The molecule has 2 heterocycles. The number of hydrogen-bond donors (Lipinski definition) is 1. The van der Waals surface area contributed by atoms with Crippen LogP contribution in [-0.2, 0) is 11.8 Å². The third-order valence-corrected chi connectivity index (χ3v) is 5.03. The van der Waals surface area contributed by atoms with Crippen LogP contribution in [0.2, 0.25) is 0 Å². The molecule has 1 aliphatic heterocycles. The van der Waals surface area contributed by atoms with Crippen molar-refractivity contribution in [2.75, 3.05) is 38.7 Å². The first kappa shape index (κ1) is 20.7. The lowest BCUT2D eigenvalue weighted by Crippen LogP contribution is -2.42. The van der Waals surface area contributed by atoms with Gasteiger partial charge in [-0.2, -0.15) is 10.4 Å². The highest BCUT2D eigenvalue weighted by atomic mass is 16.5. The van der Waals surface area contributed by atoms with Crippen LogP contribution < -0.4 is 14.8 Å². The van der Waals surface area contributed by atoms with Crippen LogP contribution in [0.4, 0.5) is 5.69 Å². The molecular weight excluding hydrogens is 370 g/mol. The third-order valence-electron chi connectivity index (χ3n) is 5.03. The summed E-state index contributed by atoms with van der Waals surface area (Å²) in [6, 6.07) is 7.25. The highest BCUT2D eigenvalue weighted by molar-refractivity contribution is 5.92. The van der Waals surface area contributed by atoms with E-state index >= 15 is 0 Å². The van der Waals surface area contributed by atoms with Gasteiger partial charge in [-0.25, -0.2) is 0 Å². The molecule has 8 heteroatoms. The first-order valence-electron chi connectivity index (χ1n) is 9.72. The minimum Gasteiger partial charge on any atom is -0.493 e. The van der Waals surface area contributed by atoms with Crippen LogP contribution in [0, 0.1) is 24.2 Å². The Kier molecular flexibility index (Phi) is 6.73. The van der Waals surface area contributed by atoms with Gasteiger partial charge in [0.2, 0.25) is 5.91 Å². The molecule has 0 spiro atoms. The lowest BCUT2D eigenvalue weighted by Gasteiger charge is -2.32. The average Bonchev–Trinajstić information content (AvgIpc) is 3.03. The Morgan fingerprint density at radius 1 is 1.41 bits per heavy atom. The van der Waals surface area contributed by atoms with E-state index in [1.165, 1.54) is 0 Å². The second-order valence-electron chi connectivity index (χ2n) is 7.38. The standard InChI is InChI=1S/C21H27N5O3/c1-15-18(12-25(2)24-15)23-21(27)13-26-8-4-5-17(11-26)14-29-19-7-6-16(10-22)9-20(19)28-3/h6-7,9,12,17H,4-5,8,11,13-14H2,1-3H3,(H,23,27). The van der Waals surface area contributed by atoms with Crippen molar-refractivity contribution in [2.24, 2.45) is 13.0 Å². The summed E-state index contributed by atoms with van der Waals surface area (Å²) in [5.74, 6) is 1.49. The zero-order valence-electron chi connectivity index (χ0n) is 17.1. The van der Waals surface area contributed by atoms with E-state index in [1.807, 2.05) is 20.2 Å². The molecule has 0 saturated carbocycles. The van der Waals surface area contributed by atoms with Crippen molar-refractivity contribution >= 4 is 11.6 Å². The van der Waals surface area contributed by atoms with Gasteiger partial charge in [0.15, 0.2) is 11.5 Å². The third kappa shape index (κ3) is 5.48.